The number of carbonyl (C=O) groups is 1. The average molecular weight is 323 g/mol. The summed E-state index contributed by atoms with van der Waals surface area (Å²) in [5.74, 6) is 0.158. The molecule has 120 valence electrons. The zero-order valence-corrected chi connectivity index (χ0v) is 13.3. The first-order chi connectivity index (χ1) is 10.6. The lowest BCUT2D eigenvalue weighted by Crippen LogP contribution is -2.34. The third-order valence-corrected chi connectivity index (χ3v) is 5.98. The number of nitrogens with zero attached hydrogens (tertiary/aromatic N) is 2. The van der Waals surface area contributed by atoms with Gasteiger partial charge in [0.05, 0.1) is 11.4 Å². The van der Waals surface area contributed by atoms with Gasteiger partial charge in [-0.05, 0) is 37.6 Å². The molecule has 2 saturated heterocycles. The third-order valence-electron chi connectivity index (χ3n) is 4.11. The second-order valence-corrected chi connectivity index (χ2v) is 7.70. The number of hydrogen-bond acceptors (Lipinski definition) is 4. The van der Waals surface area contributed by atoms with E-state index in [1.54, 1.807) is 24.3 Å². The molecule has 2 fully saturated rings. The quantitative estimate of drug-likeness (QED) is 0.868. The maximum atomic E-state index is 12.6. The van der Waals surface area contributed by atoms with Gasteiger partial charge in [0, 0.05) is 31.7 Å². The number of rotatable bonds is 2. The van der Waals surface area contributed by atoms with Gasteiger partial charge in [-0.2, -0.15) is 0 Å². The van der Waals surface area contributed by atoms with Crippen LogP contribution in [-0.2, 0) is 10.0 Å². The van der Waals surface area contributed by atoms with E-state index in [2.05, 4.69) is 5.32 Å². The summed E-state index contributed by atoms with van der Waals surface area (Å²) in [7, 11) is -3.21. The SMILES string of the molecule is O=C(c1cccc(N2CCCS2(=O)=O)c1)N1CCCNCC1. The van der Waals surface area contributed by atoms with E-state index in [1.807, 2.05) is 4.90 Å². The molecular formula is C15H21N3O3S. The monoisotopic (exact) mass is 323 g/mol. The van der Waals surface area contributed by atoms with Gasteiger partial charge in [-0.1, -0.05) is 6.07 Å². The molecule has 6 nitrogen and oxygen atoms in total. The van der Waals surface area contributed by atoms with Gasteiger partial charge in [0.2, 0.25) is 10.0 Å². The van der Waals surface area contributed by atoms with Crippen LogP contribution < -0.4 is 9.62 Å². The molecule has 1 amide bonds. The van der Waals surface area contributed by atoms with Gasteiger partial charge < -0.3 is 10.2 Å². The molecule has 1 aromatic carbocycles. The summed E-state index contributed by atoms with van der Waals surface area (Å²) in [5, 5.41) is 3.27. The Hall–Kier alpha value is -1.60. The van der Waals surface area contributed by atoms with E-state index in [1.165, 1.54) is 4.31 Å². The zero-order valence-electron chi connectivity index (χ0n) is 12.5. The molecule has 2 heterocycles. The van der Waals surface area contributed by atoms with Crippen LogP contribution in [0.15, 0.2) is 24.3 Å². The van der Waals surface area contributed by atoms with E-state index >= 15 is 0 Å². The van der Waals surface area contributed by atoms with Gasteiger partial charge >= 0.3 is 0 Å². The fourth-order valence-electron chi connectivity index (χ4n) is 2.96. The van der Waals surface area contributed by atoms with Crippen molar-refractivity contribution < 1.29 is 13.2 Å². The number of amides is 1. The summed E-state index contributed by atoms with van der Waals surface area (Å²) in [4.78, 5) is 14.4. The van der Waals surface area contributed by atoms with E-state index in [0.29, 0.717) is 30.8 Å². The zero-order chi connectivity index (χ0) is 15.6. The standard InChI is InChI=1S/C15H21N3O3S/c19-15(17-8-2-6-16-7-10-17)13-4-1-5-14(12-13)18-9-3-11-22(18,20)21/h1,4-5,12,16H,2-3,6-11H2. The summed E-state index contributed by atoms with van der Waals surface area (Å²) >= 11 is 0. The van der Waals surface area contributed by atoms with Crippen molar-refractivity contribution in [3.63, 3.8) is 0 Å². The molecule has 0 bridgehead atoms. The third kappa shape index (κ3) is 3.10. The molecule has 1 N–H and O–H groups in total. The second-order valence-electron chi connectivity index (χ2n) is 5.69. The number of nitrogens with one attached hydrogen (secondary N) is 1. The average Bonchev–Trinajstić information content (AvgIpc) is 2.72. The number of sulfonamides is 1. The van der Waals surface area contributed by atoms with Crippen molar-refractivity contribution in [2.75, 3.05) is 42.8 Å². The summed E-state index contributed by atoms with van der Waals surface area (Å²) in [6, 6.07) is 6.96. The van der Waals surface area contributed by atoms with Gasteiger partial charge in [-0.15, -0.1) is 0 Å². The van der Waals surface area contributed by atoms with Crippen LogP contribution >= 0.6 is 0 Å². The van der Waals surface area contributed by atoms with Crippen molar-refractivity contribution in [2.45, 2.75) is 12.8 Å². The van der Waals surface area contributed by atoms with E-state index < -0.39 is 10.0 Å². The molecule has 7 heteroatoms. The van der Waals surface area contributed by atoms with Gasteiger partial charge in [0.15, 0.2) is 0 Å². The van der Waals surface area contributed by atoms with Gasteiger partial charge in [0.1, 0.15) is 0 Å². The highest BCUT2D eigenvalue weighted by Crippen LogP contribution is 2.25. The maximum Gasteiger partial charge on any atom is 0.253 e. The molecule has 0 atom stereocenters. The fourth-order valence-corrected chi connectivity index (χ4v) is 4.51. The smallest absolute Gasteiger partial charge is 0.253 e. The highest BCUT2D eigenvalue weighted by molar-refractivity contribution is 7.93. The minimum absolute atomic E-state index is 0.0258. The molecule has 0 aliphatic carbocycles. The molecule has 0 saturated carbocycles. The van der Waals surface area contributed by atoms with Gasteiger partial charge in [0.25, 0.3) is 5.91 Å². The Morgan fingerprint density at radius 1 is 1.09 bits per heavy atom. The highest BCUT2D eigenvalue weighted by Gasteiger charge is 2.29. The van der Waals surface area contributed by atoms with Crippen molar-refractivity contribution in [3.8, 4) is 0 Å². The predicted octanol–water partition coefficient (Wildman–Crippen LogP) is 0.662. The largest absolute Gasteiger partial charge is 0.337 e. The van der Waals surface area contributed by atoms with Crippen LogP contribution in [0, 0.1) is 0 Å². The van der Waals surface area contributed by atoms with E-state index in [9.17, 15) is 13.2 Å². The number of carbonyl (C=O) groups excluding carboxylic acids is 1. The van der Waals surface area contributed by atoms with Crippen LogP contribution in [-0.4, -0.2) is 57.7 Å². The molecule has 2 aliphatic rings. The molecule has 1 aromatic rings. The van der Waals surface area contributed by atoms with Crippen LogP contribution in [0.4, 0.5) is 5.69 Å². The Bertz CT molecular complexity index is 652. The van der Waals surface area contributed by atoms with Crippen molar-refractivity contribution in [2.24, 2.45) is 0 Å². The first-order valence-corrected chi connectivity index (χ1v) is 9.29. The Kier molecular flexibility index (Phi) is 4.35. The predicted molar refractivity (Wildman–Crippen MR) is 85.6 cm³/mol. The molecule has 3 rings (SSSR count). The van der Waals surface area contributed by atoms with Crippen LogP contribution in [0.2, 0.25) is 0 Å². The lowest BCUT2D eigenvalue weighted by Gasteiger charge is -2.22. The van der Waals surface area contributed by atoms with Crippen LogP contribution in [0.3, 0.4) is 0 Å². The Morgan fingerprint density at radius 3 is 2.73 bits per heavy atom. The first kappa shape index (κ1) is 15.3. The maximum absolute atomic E-state index is 12.6. The van der Waals surface area contributed by atoms with Gasteiger partial charge in [-0.3, -0.25) is 9.10 Å². The van der Waals surface area contributed by atoms with Crippen LogP contribution in [0.1, 0.15) is 23.2 Å². The molecular weight excluding hydrogens is 302 g/mol. The Morgan fingerprint density at radius 2 is 1.95 bits per heavy atom. The molecule has 0 unspecified atom stereocenters. The summed E-state index contributed by atoms with van der Waals surface area (Å²) in [5.41, 5.74) is 1.15. The molecule has 0 aromatic heterocycles. The molecule has 2 aliphatic heterocycles. The Balaban J connectivity index is 1.83. The lowest BCUT2D eigenvalue weighted by molar-refractivity contribution is 0.0766. The van der Waals surface area contributed by atoms with E-state index in [-0.39, 0.29) is 11.7 Å². The summed E-state index contributed by atoms with van der Waals surface area (Å²) in [6.45, 7) is 3.64. The van der Waals surface area contributed by atoms with Gasteiger partial charge in [-0.25, -0.2) is 8.42 Å². The van der Waals surface area contributed by atoms with Crippen molar-refractivity contribution in [1.82, 2.24) is 10.2 Å². The minimum Gasteiger partial charge on any atom is -0.337 e. The highest BCUT2D eigenvalue weighted by atomic mass is 32.2. The van der Waals surface area contributed by atoms with Crippen LogP contribution in [0.25, 0.3) is 0 Å². The fraction of sp³-hybridized carbons (Fsp3) is 0.533. The number of benzene rings is 1. The van der Waals surface area contributed by atoms with E-state index in [0.717, 1.165) is 26.1 Å². The number of anilines is 1. The number of hydrogen-bond donors (Lipinski definition) is 1. The second kappa shape index (κ2) is 6.26. The molecule has 0 radical (unpaired) electrons. The molecule has 22 heavy (non-hydrogen) atoms. The lowest BCUT2D eigenvalue weighted by atomic mass is 10.1. The summed E-state index contributed by atoms with van der Waals surface area (Å²) in [6.07, 6.45) is 1.57. The summed E-state index contributed by atoms with van der Waals surface area (Å²) < 4.78 is 25.4. The first-order valence-electron chi connectivity index (χ1n) is 7.68. The van der Waals surface area contributed by atoms with Crippen molar-refractivity contribution in [1.29, 1.82) is 0 Å². The Labute approximate surface area is 131 Å². The minimum atomic E-state index is -3.21. The van der Waals surface area contributed by atoms with Crippen LogP contribution in [0.5, 0.6) is 0 Å². The topological polar surface area (TPSA) is 69.7 Å². The normalized spacial score (nSPS) is 21.6. The van der Waals surface area contributed by atoms with Crippen molar-refractivity contribution in [3.05, 3.63) is 29.8 Å². The van der Waals surface area contributed by atoms with E-state index in [4.69, 9.17) is 0 Å². The van der Waals surface area contributed by atoms with Crippen molar-refractivity contribution >= 4 is 21.6 Å². The molecule has 0 spiro atoms.